The summed E-state index contributed by atoms with van der Waals surface area (Å²) < 4.78 is 1.72. The van der Waals surface area contributed by atoms with E-state index in [0.29, 0.717) is 11.4 Å². The van der Waals surface area contributed by atoms with Gasteiger partial charge in [-0.15, -0.1) is 0 Å². The highest BCUT2D eigenvalue weighted by Crippen LogP contribution is 2.16. The zero-order valence-electron chi connectivity index (χ0n) is 11.3. The number of anilines is 2. The van der Waals surface area contributed by atoms with E-state index in [-0.39, 0.29) is 11.9 Å². The van der Waals surface area contributed by atoms with Crippen molar-refractivity contribution in [2.75, 3.05) is 11.1 Å². The number of nitrogens with two attached hydrogens (primary N) is 1. The smallest absolute Gasteiger partial charge is 0.248 e. The minimum Gasteiger partial charge on any atom is -0.399 e. The normalized spacial score (nSPS) is 12.2. The Morgan fingerprint density at radius 1 is 1.37 bits per heavy atom. The van der Waals surface area contributed by atoms with Crippen LogP contribution in [-0.2, 0) is 4.79 Å². The summed E-state index contributed by atoms with van der Waals surface area (Å²) in [5.41, 5.74) is 8.86. The van der Waals surface area contributed by atoms with E-state index in [1.807, 2.05) is 32.9 Å². The molecule has 0 aliphatic rings. The summed E-state index contributed by atoms with van der Waals surface area (Å²) in [5, 5.41) is 7.16. The van der Waals surface area contributed by atoms with Crippen molar-refractivity contribution in [3.8, 4) is 0 Å². The van der Waals surface area contributed by atoms with Gasteiger partial charge in [-0.3, -0.25) is 9.48 Å². The Morgan fingerprint density at radius 2 is 2.11 bits per heavy atom. The van der Waals surface area contributed by atoms with Gasteiger partial charge in [0.15, 0.2) is 0 Å². The molecule has 2 rings (SSSR count). The zero-order chi connectivity index (χ0) is 14.0. The molecule has 1 aromatic heterocycles. The Balaban J connectivity index is 2.14. The standard InChI is InChI=1S/C14H18N4O/c1-9-7-10(2)18(17-9)11(3)14(19)16-13-6-4-5-12(15)8-13/h4-8,11H,15H2,1-3H3,(H,16,19). The molecule has 1 heterocycles. The Labute approximate surface area is 112 Å². The van der Waals surface area contributed by atoms with Gasteiger partial charge in [-0.2, -0.15) is 5.10 Å². The van der Waals surface area contributed by atoms with Gasteiger partial charge in [-0.1, -0.05) is 6.07 Å². The van der Waals surface area contributed by atoms with E-state index in [1.165, 1.54) is 0 Å². The van der Waals surface area contributed by atoms with Gasteiger partial charge in [0.2, 0.25) is 5.91 Å². The number of carbonyl (C=O) groups is 1. The fraction of sp³-hybridized carbons (Fsp3) is 0.286. The van der Waals surface area contributed by atoms with Crippen LogP contribution < -0.4 is 11.1 Å². The molecule has 1 unspecified atom stereocenters. The summed E-state index contributed by atoms with van der Waals surface area (Å²) >= 11 is 0. The average Bonchev–Trinajstić information content (AvgIpc) is 2.67. The maximum absolute atomic E-state index is 12.2. The van der Waals surface area contributed by atoms with E-state index in [1.54, 1.807) is 22.9 Å². The summed E-state index contributed by atoms with van der Waals surface area (Å²) in [7, 11) is 0. The van der Waals surface area contributed by atoms with E-state index in [2.05, 4.69) is 10.4 Å². The van der Waals surface area contributed by atoms with Crippen LogP contribution in [-0.4, -0.2) is 15.7 Å². The second-order valence-electron chi connectivity index (χ2n) is 4.66. The first-order valence-electron chi connectivity index (χ1n) is 6.16. The van der Waals surface area contributed by atoms with Crippen LogP contribution in [0.15, 0.2) is 30.3 Å². The van der Waals surface area contributed by atoms with Crippen LogP contribution in [0.5, 0.6) is 0 Å². The number of aryl methyl sites for hydroxylation is 2. The van der Waals surface area contributed by atoms with Gasteiger partial charge in [0, 0.05) is 17.1 Å². The lowest BCUT2D eigenvalue weighted by molar-refractivity contribution is -0.119. The molecule has 0 saturated carbocycles. The molecule has 1 aromatic carbocycles. The number of amides is 1. The molecule has 100 valence electrons. The number of carbonyl (C=O) groups excluding carboxylic acids is 1. The molecular formula is C14H18N4O. The van der Waals surface area contributed by atoms with E-state index in [9.17, 15) is 4.79 Å². The average molecular weight is 258 g/mol. The van der Waals surface area contributed by atoms with E-state index in [0.717, 1.165) is 11.4 Å². The quantitative estimate of drug-likeness (QED) is 0.829. The van der Waals surface area contributed by atoms with Gasteiger partial charge >= 0.3 is 0 Å². The van der Waals surface area contributed by atoms with Gasteiger partial charge in [0.25, 0.3) is 0 Å². The Morgan fingerprint density at radius 3 is 2.68 bits per heavy atom. The number of nitrogen functional groups attached to an aromatic ring is 1. The molecule has 0 saturated heterocycles. The lowest BCUT2D eigenvalue weighted by Gasteiger charge is -2.14. The number of hydrogen-bond acceptors (Lipinski definition) is 3. The third-order valence-electron chi connectivity index (χ3n) is 2.95. The number of nitrogens with zero attached hydrogens (tertiary/aromatic N) is 2. The van der Waals surface area contributed by atoms with Crippen molar-refractivity contribution >= 4 is 17.3 Å². The largest absolute Gasteiger partial charge is 0.399 e. The first-order valence-corrected chi connectivity index (χ1v) is 6.16. The van der Waals surface area contributed by atoms with Crippen LogP contribution in [0, 0.1) is 13.8 Å². The van der Waals surface area contributed by atoms with Crippen molar-refractivity contribution in [1.29, 1.82) is 0 Å². The molecule has 5 nitrogen and oxygen atoms in total. The summed E-state index contributed by atoms with van der Waals surface area (Å²) in [6.45, 7) is 5.66. The minimum absolute atomic E-state index is 0.114. The number of benzene rings is 1. The third kappa shape index (κ3) is 2.93. The SMILES string of the molecule is Cc1cc(C)n(C(C)C(=O)Nc2cccc(N)c2)n1. The second kappa shape index (κ2) is 5.14. The van der Waals surface area contributed by atoms with Crippen LogP contribution in [0.2, 0.25) is 0 Å². The topological polar surface area (TPSA) is 72.9 Å². The van der Waals surface area contributed by atoms with Crippen molar-refractivity contribution in [3.05, 3.63) is 41.7 Å². The molecule has 0 fully saturated rings. The second-order valence-corrected chi connectivity index (χ2v) is 4.66. The molecular weight excluding hydrogens is 240 g/mol. The first kappa shape index (κ1) is 13.1. The lowest BCUT2D eigenvalue weighted by atomic mass is 10.2. The summed E-state index contributed by atoms with van der Waals surface area (Å²) in [6.07, 6.45) is 0. The van der Waals surface area contributed by atoms with Crippen molar-refractivity contribution in [2.24, 2.45) is 0 Å². The lowest BCUT2D eigenvalue weighted by Crippen LogP contribution is -2.25. The van der Waals surface area contributed by atoms with Crippen molar-refractivity contribution < 1.29 is 4.79 Å². The first-order chi connectivity index (χ1) is 8.97. The van der Waals surface area contributed by atoms with Crippen molar-refractivity contribution in [2.45, 2.75) is 26.8 Å². The number of nitrogens with one attached hydrogen (secondary N) is 1. The molecule has 0 bridgehead atoms. The van der Waals surface area contributed by atoms with Gasteiger partial charge in [0.05, 0.1) is 5.69 Å². The monoisotopic (exact) mass is 258 g/mol. The Hall–Kier alpha value is -2.30. The highest BCUT2D eigenvalue weighted by molar-refractivity contribution is 5.93. The molecule has 0 aliphatic carbocycles. The predicted molar refractivity (Wildman–Crippen MR) is 75.9 cm³/mol. The molecule has 2 aromatic rings. The van der Waals surface area contributed by atoms with Crippen LogP contribution in [0.25, 0.3) is 0 Å². The van der Waals surface area contributed by atoms with Crippen LogP contribution in [0.3, 0.4) is 0 Å². The van der Waals surface area contributed by atoms with Gasteiger partial charge in [-0.05, 0) is 45.0 Å². The maximum atomic E-state index is 12.2. The number of hydrogen-bond donors (Lipinski definition) is 2. The van der Waals surface area contributed by atoms with Gasteiger partial charge < -0.3 is 11.1 Å². The molecule has 1 atom stereocenters. The van der Waals surface area contributed by atoms with Crippen LogP contribution in [0.1, 0.15) is 24.4 Å². The van der Waals surface area contributed by atoms with Crippen molar-refractivity contribution in [1.82, 2.24) is 9.78 Å². The summed E-state index contributed by atoms with van der Waals surface area (Å²) in [5.74, 6) is -0.114. The van der Waals surface area contributed by atoms with E-state index in [4.69, 9.17) is 5.73 Å². The number of rotatable bonds is 3. The molecule has 19 heavy (non-hydrogen) atoms. The fourth-order valence-corrected chi connectivity index (χ4v) is 2.01. The van der Waals surface area contributed by atoms with Gasteiger partial charge in [0.1, 0.15) is 6.04 Å². The summed E-state index contributed by atoms with van der Waals surface area (Å²) in [6, 6.07) is 8.70. The molecule has 3 N–H and O–H groups in total. The molecule has 0 aliphatic heterocycles. The molecule has 0 radical (unpaired) electrons. The van der Waals surface area contributed by atoms with E-state index >= 15 is 0 Å². The highest BCUT2D eigenvalue weighted by atomic mass is 16.2. The Kier molecular flexibility index (Phi) is 3.55. The van der Waals surface area contributed by atoms with Crippen LogP contribution >= 0.6 is 0 Å². The summed E-state index contributed by atoms with van der Waals surface area (Å²) in [4.78, 5) is 12.2. The number of aromatic nitrogens is 2. The van der Waals surface area contributed by atoms with Gasteiger partial charge in [-0.25, -0.2) is 0 Å². The molecule has 0 spiro atoms. The third-order valence-corrected chi connectivity index (χ3v) is 2.95. The minimum atomic E-state index is -0.366. The molecule has 5 heteroatoms. The highest BCUT2D eigenvalue weighted by Gasteiger charge is 2.17. The maximum Gasteiger partial charge on any atom is 0.248 e. The molecule has 1 amide bonds. The van der Waals surface area contributed by atoms with Crippen molar-refractivity contribution in [3.63, 3.8) is 0 Å². The predicted octanol–water partition coefficient (Wildman–Crippen LogP) is 2.28. The zero-order valence-corrected chi connectivity index (χ0v) is 11.3. The van der Waals surface area contributed by atoms with E-state index < -0.39 is 0 Å². The fourth-order valence-electron chi connectivity index (χ4n) is 2.01. The Bertz CT molecular complexity index is 603. The van der Waals surface area contributed by atoms with Crippen LogP contribution in [0.4, 0.5) is 11.4 Å².